The molecule has 1 aliphatic heterocycles. The van der Waals surface area contributed by atoms with Crippen LogP contribution >= 0.6 is 0 Å². The topological polar surface area (TPSA) is 15.3 Å². The lowest BCUT2D eigenvalue weighted by atomic mass is 9.93. The van der Waals surface area contributed by atoms with Crippen molar-refractivity contribution in [1.82, 2.24) is 10.2 Å². The third-order valence-electron chi connectivity index (χ3n) is 4.78. The van der Waals surface area contributed by atoms with E-state index in [9.17, 15) is 4.39 Å². The van der Waals surface area contributed by atoms with Gasteiger partial charge in [-0.15, -0.1) is 0 Å². The number of nitrogens with zero attached hydrogens (tertiary/aromatic N) is 1. The van der Waals surface area contributed by atoms with Gasteiger partial charge in [-0.3, -0.25) is 4.90 Å². The van der Waals surface area contributed by atoms with Crippen molar-refractivity contribution in [3.63, 3.8) is 0 Å². The van der Waals surface area contributed by atoms with Crippen molar-refractivity contribution in [3.05, 3.63) is 35.6 Å². The highest BCUT2D eigenvalue weighted by atomic mass is 19.1. The summed E-state index contributed by atoms with van der Waals surface area (Å²) in [7, 11) is 0. The van der Waals surface area contributed by atoms with Gasteiger partial charge in [-0.2, -0.15) is 0 Å². The standard InChI is InChI=1S/C18H29FN2/c1-4-6-17-13-21(18(11-20-17)14(3)5-2)12-15-7-9-16(19)10-8-15/h7-10,14,17-18,20H,4-6,11-13H2,1-3H3. The van der Waals surface area contributed by atoms with E-state index in [-0.39, 0.29) is 5.82 Å². The van der Waals surface area contributed by atoms with Crippen molar-refractivity contribution in [2.45, 2.75) is 58.7 Å². The predicted octanol–water partition coefficient (Wildman–Crippen LogP) is 3.81. The Morgan fingerprint density at radius 3 is 2.62 bits per heavy atom. The van der Waals surface area contributed by atoms with Crippen molar-refractivity contribution in [3.8, 4) is 0 Å². The molecule has 0 radical (unpaired) electrons. The van der Waals surface area contributed by atoms with Gasteiger partial charge in [-0.25, -0.2) is 4.39 Å². The molecular weight excluding hydrogens is 263 g/mol. The van der Waals surface area contributed by atoms with Crippen molar-refractivity contribution in [2.24, 2.45) is 5.92 Å². The summed E-state index contributed by atoms with van der Waals surface area (Å²) in [5.74, 6) is 0.530. The van der Waals surface area contributed by atoms with Crippen LogP contribution in [-0.4, -0.2) is 30.1 Å². The molecule has 1 aliphatic rings. The molecule has 118 valence electrons. The highest BCUT2D eigenvalue weighted by Crippen LogP contribution is 2.22. The van der Waals surface area contributed by atoms with Gasteiger partial charge in [0.1, 0.15) is 5.82 Å². The summed E-state index contributed by atoms with van der Waals surface area (Å²) in [6.45, 7) is 9.94. The van der Waals surface area contributed by atoms with Gasteiger partial charge >= 0.3 is 0 Å². The first-order chi connectivity index (χ1) is 10.1. The van der Waals surface area contributed by atoms with E-state index >= 15 is 0 Å². The van der Waals surface area contributed by atoms with Crippen LogP contribution in [-0.2, 0) is 6.54 Å². The third kappa shape index (κ3) is 4.52. The maximum Gasteiger partial charge on any atom is 0.123 e. The van der Waals surface area contributed by atoms with Gasteiger partial charge in [0.05, 0.1) is 0 Å². The molecule has 0 aromatic heterocycles. The first kappa shape index (κ1) is 16.4. The number of hydrogen-bond acceptors (Lipinski definition) is 2. The second-order valence-electron chi connectivity index (χ2n) is 6.40. The summed E-state index contributed by atoms with van der Waals surface area (Å²) in [6.07, 6.45) is 3.65. The molecule has 3 atom stereocenters. The van der Waals surface area contributed by atoms with E-state index in [1.54, 1.807) is 12.1 Å². The van der Waals surface area contributed by atoms with Crippen LogP contribution in [0.3, 0.4) is 0 Å². The smallest absolute Gasteiger partial charge is 0.123 e. The minimum absolute atomic E-state index is 0.151. The fraction of sp³-hybridized carbons (Fsp3) is 0.667. The fourth-order valence-electron chi connectivity index (χ4n) is 3.28. The summed E-state index contributed by atoms with van der Waals surface area (Å²) >= 11 is 0. The van der Waals surface area contributed by atoms with Crippen molar-refractivity contribution in [2.75, 3.05) is 13.1 Å². The molecule has 3 unspecified atom stereocenters. The average Bonchev–Trinajstić information content (AvgIpc) is 2.49. The predicted molar refractivity (Wildman–Crippen MR) is 86.8 cm³/mol. The minimum Gasteiger partial charge on any atom is -0.311 e. The average molecular weight is 292 g/mol. The highest BCUT2D eigenvalue weighted by molar-refractivity contribution is 5.16. The zero-order valence-corrected chi connectivity index (χ0v) is 13.6. The summed E-state index contributed by atoms with van der Waals surface area (Å²) < 4.78 is 13.1. The van der Waals surface area contributed by atoms with E-state index in [0.717, 1.165) is 19.6 Å². The first-order valence-corrected chi connectivity index (χ1v) is 8.35. The Morgan fingerprint density at radius 1 is 1.29 bits per heavy atom. The SMILES string of the molecule is CCCC1CN(Cc2ccc(F)cc2)C(C(C)CC)CN1. The molecule has 2 rings (SSSR count). The van der Waals surface area contributed by atoms with Crippen molar-refractivity contribution < 1.29 is 4.39 Å². The van der Waals surface area contributed by atoms with Crippen LogP contribution in [0, 0.1) is 11.7 Å². The monoisotopic (exact) mass is 292 g/mol. The van der Waals surface area contributed by atoms with E-state index in [1.165, 1.54) is 24.8 Å². The van der Waals surface area contributed by atoms with Crippen LogP contribution in [0.4, 0.5) is 4.39 Å². The number of hydrogen-bond donors (Lipinski definition) is 1. The molecule has 1 aromatic rings. The van der Waals surface area contributed by atoms with Gasteiger partial charge in [0.2, 0.25) is 0 Å². The summed E-state index contributed by atoms with van der Waals surface area (Å²) in [4.78, 5) is 2.60. The Kier molecular flexibility index (Phi) is 6.19. The van der Waals surface area contributed by atoms with E-state index in [2.05, 4.69) is 31.0 Å². The minimum atomic E-state index is -0.151. The summed E-state index contributed by atoms with van der Waals surface area (Å²) in [5.41, 5.74) is 1.21. The van der Waals surface area contributed by atoms with Gasteiger partial charge in [0.15, 0.2) is 0 Å². The van der Waals surface area contributed by atoms with E-state index in [1.807, 2.05) is 12.1 Å². The molecule has 0 amide bonds. The number of nitrogens with one attached hydrogen (secondary N) is 1. The molecule has 1 saturated heterocycles. The van der Waals surface area contributed by atoms with Gasteiger partial charge in [0, 0.05) is 31.7 Å². The molecule has 21 heavy (non-hydrogen) atoms. The normalized spacial score (nSPS) is 25.0. The Labute approximate surface area is 128 Å². The largest absolute Gasteiger partial charge is 0.311 e. The van der Waals surface area contributed by atoms with E-state index in [4.69, 9.17) is 0 Å². The maximum atomic E-state index is 13.1. The summed E-state index contributed by atoms with van der Waals surface area (Å²) in [5, 5.41) is 3.71. The zero-order valence-electron chi connectivity index (χ0n) is 13.6. The van der Waals surface area contributed by atoms with Crippen molar-refractivity contribution >= 4 is 0 Å². The molecule has 0 saturated carbocycles. The molecule has 1 aromatic carbocycles. The lowest BCUT2D eigenvalue weighted by molar-refractivity contribution is 0.0818. The number of piperazine rings is 1. The first-order valence-electron chi connectivity index (χ1n) is 8.35. The lowest BCUT2D eigenvalue weighted by Crippen LogP contribution is -2.58. The van der Waals surface area contributed by atoms with Crippen LogP contribution < -0.4 is 5.32 Å². The van der Waals surface area contributed by atoms with Crippen molar-refractivity contribution in [1.29, 1.82) is 0 Å². The molecule has 0 bridgehead atoms. The zero-order chi connectivity index (χ0) is 15.2. The third-order valence-corrected chi connectivity index (χ3v) is 4.78. The molecule has 0 aliphatic carbocycles. The van der Waals surface area contributed by atoms with Crippen LogP contribution in [0.25, 0.3) is 0 Å². The second kappa shape index (κ2) is 7.90. The molecule has 1 fully saturated rings. The molecular formula is C18H29FN2. The van der Waals surface area contributed by atoms with Gasteiger partial charge < -0.3 is 5.32 Å². The molecule has 1 N–H and O–H groups in total. The van der Waals surface area contributed by atoms with Crippen LogP contribution in [0.2, 0.25) is 0 Å². The second-order valence-corrected chi connectivity index (χ2v) is 6.40. The molecule has 2 nitrogen and oxygen atoms in total. The van der Waals surface area contributed by atoms with Crippen LogP contribution in [0.1, 0.15) is 45.6 Å². The van der Waals surface area contributed by atoms with E-state index in [0.29, 0.717) is 18.0 Å². The maximum absolute atomic E-state index is 13.1. The highest BCUT2D eigenvalue weighted by Gasteiger charge is 2.30. The number of rotatable bonds is 6. The lowest BCUT2D eigenvalue weighted by Gasteiger charge is -2.43. The van der Waals surface area contributed by atoms with Gasteiger partial charge in [-0.05, 0) is 30.0 Å². The molecule has 0 spiro atoms. The Hall–Kier alpha value is -0.930. The Balaban J connectivity index is 2.06. The number of benzene rings is 1. The van der Waals surface area contributed by atoms with Crippen LogP contribution in [0.15, 0.2) is 24.3 Å². The summed E-state index contributed by atoms with van der Waals surface area (Å²) in [6, 6.07) is 8.14. The van der Waals surface area contributed by atoms with Gasteiger partial charge in [-0.1, -0.05) is 45.7 Å². The fourth-order valence-corrected chi connectivity index (χ4v) is 3.28. The van der Waals surface area contributed by atoms with Gasteiger partial charge in [0.25, 0.3) is 0 Å². The Bertz CT molecular complexity index is 418. The van der Waals surface area contributed by atoms with Crippen LogP contribution in [0.5, 0.6) is 0 Å². The quantitative estimate of drug-likeness (QED) is 0.857. The molecule has 1 heterocycles. The number of halogens is 1. The Morgan fingerprint density at radius 2 is 2.00 bits per heavy atom. The van der Waals surface area contributed by atoms with E-state index < -0.39 is 0 Å². The molecule has 3 heteroatoms.